The summed E-state index contributed by atoms with van der Waals surface area (Å²) in [6.07, 6.45) is -1.56. The summed E-state index contributed by atoms with van der Waals surface area (Å²) in [5, 5.41) is 72.9. The fraction of sp³-hybridized carbons (Fsp3) is 0.750. The number of hydrogen-bond donors (Lipinski definition) is 8. The molecule has 0 radical (unpaired) electrons. The summed E-state index contributed by atoms with van der Waals surface area (Å²) in [7, 11) is 0. The molecule has 0 amide bonds. The summed E-state index contributed by atoms with van der Waals surface area (Å²) in [6, 6.07) is 0. The first-order valence-electron chi connectivity index (χ1n) is 8.35. The minimum absolute atomic E-state index is 0. The Morgan fingerprint density at radius 2 is 0.586 bits per heavy atom. The third kappa shape index (κ3) is 5.74. The molecule has 0 aliphatic heterocycles. The van der Waals surface area contributed by atoms with Gasteiger partial charge in [0.2, 0.25) is 22.4 Å². The molecule has 4 atom stereocenters. The molecule has 4 unspecified atom stereocenters. The maximum Gasteiger partial charge on any atom is 0.339 e. The van der Waals surface area contributed by atoms with E-state index in [1.54, 1.807) is 0 Å². The molecule has 0 saturated carbocycles. The van der Waals surface area contributed by atoms with Gasteiger partial charge >= 0.3 is 23.9 Å². The van der Waals surface area contributed by atoms with Gasteiger partial charge in [-0.1, -0.05) is 27.7 Å². The van der Waals surface area contributed by atoms with E-state index in [1.807, 2.05) is 0 Å². The van der Waals surface area contributed by atoms with Crippen molar-refractivity contribution >= 4 is 23.9 Å². The van der Waals surface area contributed by atoms with E-state index in [1.165, 1.54) is 27.7 Å². The Bertz CT molecular complexity index is 507. The zero-order valence-corrected chi connectivity index (χ0v) is 18.1. The summed E-state index contributed by atoms with van der Waals surface area (Å²) in [5.41, 5.74) is -10.6. The van der Waals surface area contributed by atoms with Gasteiger partial charge in [-0.05, 0) is 25.7 Å². The topological polar surface area (TPSA) is 230 Å². The van der Waals surface area contributed by atoms with E-state index in [0.717, 1.165) is 0 Å². The fourth-order valence-corrected chi connectivity index (χ4v) is 2.48. The normalized spacial score (nSPS) is 18.8. The van der Waals surface area contributed by atoms with Crippen molar-refractivity contribution in [2.75, 3.05) is 0 Å². The molecule has 29 heavy (non-hydrogen) atoms. The van der Waals surface area contributed by atoms with Gasteiger partial charge in [0, 0.05) is 21.7 Å². The molecule has 8 N–H and O–H groups in total. The number of rotatable bonds is 10. The fourth-order valence-electron chi connectivity index (χ4n) is 2.48. The van der Waals surface area contributed by atoms with Crippen molar-refractivity contribution in [1.82, 2.24) is 0 Å². The number of aliphatic hydroxyl groups is 4. The summed E-state index contributed by atoms with van der Waals surface area (Å²) >= 11 is 0. The molecular weight excluding hydrogens is 432 g/mol. The number of carbonyl (C=O) groups is 4. The second kappa shape index (κ2) is 11.6. The molecule has 0 aromatic rings. The molecule has 0 bridgehead atoms. The number of aliphatic carboxylic acids is 4. The molecule has 0 fully saturated rings. The quantitative estimate of drug-likeness (QED) is 0.181. The van der Waals surface area contributed by atoms with Gasteiger partial charge in [-0.2, -0.15) is 0 Å². The maximum atomic E-state index is 10.7. The average molecular weight is 460 g/mol. The van der Waals surface area contributed by atoms with E-state index in [2.05, 4.69) is 0 Å². The van der Waals surface area contributed by atoms with E-state index in [0.29, 0.717) is 0 Å². The van der Waals surface area contributed by atoms with Crippen LogP contribution < -0.4 is 0 Å². The molecule has 0 aliphatic carbocycles. The van der Waals surface area contributed by atoms with Crippen LogP contribution in [0.15, 0.2) is 0 Å². The molecule has 13 heteroatoms. The number of carboxylic acids is 4. The van der Waals surface area contributed by atoms with Crippen molar-refractivity contribution in [3.8, 4) is 0 Å². The van der Waals surface area contributed by atoms with Crippen LogP contribution in [0, 0.1) is 0 Å². The van der Waals surface area contributed by atoms with E-state index >= 15 is 0 Å². The van der Waals surface area contributed by atoms with Gasteiger partial charge in [0.05, 0.1) is 0 Å². The summed E-state index contributed by atoms with van der Waals surface area (Å²) in [5.74, 6) is -6.97. The van der Waals surface area contributed by atoms with Crippen LogP contribution in [-0.2, 0) is 40.9 Å². The molecule has 168 valence electrons. The van der Waals surface area contributed by atoms with Gasteiger partial charge in [-0.25, -0.2) is 19.2 Å². The van der Waals surface area contributed by atoms with Gasteiger partial charge in [-0.3, -0.25) is 0 Å². The van der Waals surface area contributed by atoms with Gasteiger partial charge in [0.25, 0.3) is 0 Å². The molecule has 0 spiro atoms. The zero-order chi connectivity index (χ0) is 23.1. The first-order valence-corrected chi connectivity index (χ1v) is 8.35. The van der Waals surface area contributed by atoms with Gasteiger partial charge < -0.3 is 40.9 Å². The van der Waals surface area contributed by atoms with E-state index in [9.17, 15) is 39.6 Å². The SMILES string of the molecule is CCC(O)(C(=O)O)C(O)(CC)C(=O)O.CCC(O)(C(=O)O)C(O)(CC)C(=O)O.[Ti]. The van der Waals surface area contributed by atoms with Gasteiger partial charge in [0.15, 0.2) is 0 Å². The Hall–Kier alpha value is -1.57. The Labute approximate surface area is 181 Å². The Morgan fingerprint density at radius 3 is 0.621 bits per heavy atom. The van der Waals surface area contributed by atoms with Gasteiger partial charge in [-0.15, -0.1) is 0 Å². The Kier molecular flexibility index (Phi) is 12.8. The van der Waals surface area contributed by atoms with Crippen LogP contribution in [-0.4, -0.2) is 87.1 Å². The third-order valence-corrected chi connectivity index (χ3v) is 4.83. The van der Waals surface area contributed by atoms with Crippen LogP contribution in [0.1, 0.15) is 53.4 Å². The summed E-state index contributed by atoms with van der Waals surface area (Å²) in [6.45, 7) is 5.16. The van der Waals surface area contributed by atoms with Crippen LogP contribution in [0.3, 0.4) is 0 Å². The van der Waals surface area contributed by atoms with Crippen LogP contribution in [0.5, 0.6) is 0 Å². The maximum absolute atomic E-state index is 10.7. The standard InChI is InChI=1S/2C8H14O6.Ti/c2*1-3-7(13,5(9)10)8(14,4-2)6(11)12;/h2*13-14H,3-4H2,1-2H3,(H,9,10)(H,11,12);. The van der Waals surface area contributed by atoms with Crippen molar-refractivity contribution in [3.63, 3.8) is 0 Å². The summed E-state index contributed by atoms with van der Waals surface area (Å²) < 4.78 is 0. The predicted molar refractivity (Wildman–Crippen MR) is 91.5 cm³/mol. The molecule has 0 saturated heterocycles. The monoisotopic (exact) mass is 460 g/mol. The van der Waals surface area contributed by atoms with Crippen molar-refractivity contribution in [2.45, 2.75) is 75.8 Å². The van der Waals surface area contributed by atoms with Crippen LogP contribution in [0.2, 0.25) is 0 Å². The third-order valence-electron chi connectivity index (χ3n) is 4.83. The van der Waals surface area contributed by atoms with Gasteiger partial charge in [0.1, 0.15) is 0 Å². The van der Waals surface area contributed by atoms with Crippen molar-refractivity contribution in [3.05, 3.63) is 0 Å². The van der Waals surface area contributed by atoms with E-state index < -0.39 is 46.3 Å². The largest absolute Gasteiger partial charge is 0.479 e. The minimum Gasteiger partial charge on any atom is -0.479 e. The molecular formula is C16H28O12Ti. The second-order valence-electron chi connectivity index (χ2n) is 6.08. The van der Waals surface area contributed by atoms with Crippen LogP contribution in [0.4, 0.5) is 0 Å². The van der Waals surface area contributed by atoms with Crippen LogP contribution in [0.25, 0.3) is 0 Å². The Balaban J connectivity index is -0.000000451. The minimum atomic E-state index is -2.66. The zero-order valence-electron chi connectivity index (χ0n) is 16.5. The molecule has 12 nitrogen and oxygen atoms in total. The van der Waals surface area contributed by atoms with Crippen molar-refractivity contribution in [1.29, 1.82) is 0 Å². The second-order valence-corrected chi connectivity index (χ2v) is 6.08. The first kappa shape index (κ1) is 32.1. The van der Waals surface area contributed by atoms with Crippen molar-refractivity contribution < 1.29 is 81.7 Å². The van der Waals surface area contributed by atoms with Crippen molar-refractivity contribution in [2.24, 2.45) is 0 Å². The van der Waals surface area contributed by atoms with Crippen LogP contribution >= 0.6 is 0 Å². The molecule has 0 aliphatic rings. The number of hydrogen-bond acceptors (Lipinski definition) is 8. The predicted octanol–water partition coefficient (Wildman–Crippen LogP) is -1.13. The Morgan fingerprint density at radius 1 is 0.483 bits per heavy atom. The molecule has 0 rings (SSSR count). The molecule has 0 aromatic heterocycles. The first-order chi connectivity index (χ1) is 12.5. The smallest absolute Gasteiger partial charge is 0.339 e. The van der Waals surface area contributed by atoms with E-state index in [4.69, 9.17) is 20.4 Å². The molecule has 0 heterocycles. The number of carboxylic acid groups (broad SMARTS) is 4. The van der Waals surface area contributed by atoms with E-state index in [-0.39, 0.29) is 47.4 Å². The average Bonchev–Trinajstić information content (AvgIpc) is 2.64. The summed E-state index contributed by atoms with van der Waals surface area (Å²) in [4.78, 5) is 42.8. The molecule has 0 aromatic carbocycles.